The number of halogens is 1. The quantitative estimate of drug-likeness (QED) is 0.659. The Morgan fingerprint density at radius 3 is 2.67 bits per heavy atom. The lowest BCUT2D eigenvalue weighted by molar-refractivity contribution is 0.626. The Balaban J connectivity index is 1.74. The third-order valence-electron chi connectivity index (χ3n) is 2.94. The predicted molar refractivity (Wildman–Crippen MR) is 85.2 cm³/mol. The first-order valence-corrected chi connectivity index (χ1v) is 7.65. The van der Waals surface area contributed by atoms with Crippen molar-refractivity contribution in [1.82, 2.24) is 15.6 Å². The molecule has 0 unspecified atom stereocenters. The van der Waals surface area contributed by atoms with Crippen molar-refractivity contribution in [3.8, 4) is 0 Å². The maximum absolute atomic E-state index is 12.8. The Morgan fingerprint density at radius 2 is 2.05 bits per heavy atom. The van der Waals surface area contributed by atoms with Crippen LogP contribution in [0.5, 0.6) is 0 Å². The fraction of sp³-hybridized carbons (Fsp3) is 0.333. The smallest absolute Gasteiger partial charge is 0.191 e. The maximum Gasteiger partial charge on any atom is 0.191 e. The van der Waals surface area contributed by atoms with Crippen LogP contribution in [0.3, 0.4) is 0 Å². The highest BCUT2D eigenvalue weighted by molar-refractivity contribution is 7.09. The van der Waals surface area contributed by atoms with Crippen LogP contribution >= 0.6 is 11.3 Å². The van der Waals surface area contributed by atoms with Gasteiger partial charge in [0.25, 0.3) is 0 Å². The van der Waals surface area contributed by atoms with E-state index in [0.717, 1.165) is 35.2 Å². The summed E-state index contributed by atoms with van der Waals surface area (Å²) in [6.07, 6.45) is 0.863. The summed E-state index contributed by atoms with van der Waals surface area (Å²) in [6, 6.07) is 6.43. The van der Waals surface area contributed by atoms with E-state index in [1.54, 1.807) is 30.5 Å². The number of aryl methyl sites for hydroxylation is 1. The molecule has 6 heteroatoms. The second-order valence-electron chi connectivity index (χ2n) is 4.59. The molecule has 2 rings (SSSR count). The minimum atomic E-state index is -0.222. The molecular formula is C15H19FN4S. The van der Waals surface area contributed by atoms with Crippen LogP contribution in [0.15, 0.2) is 34.6 Å². The van der Waals surface area contributed by atoms with Gasteiger partial charge in [0, 0.05) is 31.9 Å². The van der Waals surface area contributed by atoms with E-state index >= 15 is 0 Å². The van der Waals surface area contributed by atoms with Crippen LogP contribution < -0.4 is 10.6 Å². The summed E-state index contributed by atoms with van der Waals surface area (Å²) in [5.41, 5.74) is 2.11. The molecule has 112 valence electrons. The Kier molecular flexibility index (Phi) is 5.68. The van der Waals surface area contributed by atoms with Crippen molar-refractivity contribution in [1.29, 1.82) is 0 Å². The SMILES string of the molecule is CN=C(NCCc1csc(C)n1)NCc1ccc(F)cc1. The molecule has 0 saturated carbocycles. The molecule has 21 heavy (non-hydrogen) atoms. The molecule has 0 aliphatic heterocycles. The fourth-order valence-electron chi connectivity index (χ4n) is 1.84. The monoisotopic (exact) mass is 306 g/mol. The van der Waals surface area contributed by atoms with E-state index < -0.39 is 0 Å². The normalized spacial score (nSPS) is 11.5. The lowest BCUT2D eigenvalue weighted by Gasteiger charge is -2.11. The number of nitrogens with one attached hydrogen (secondary N) is 2. The van der Waals surface area contributed by atoms with Gasteiger partial charge >= 0.3 is 0 Å². The maximum atomic E-state index is 12.8. The van der Waals surface area contributed by atoms with E-state index in [1.807, 2.05) is 6.92 Å². The third-order valence-corrected chi connectivity index (χ3v) is 3.76. The predicted octanol–water partition coefficient (Wildman–Crippen LogP) is 2.50. The Bertz CT molecular complexity index is 592. The van der Waals surface area contributed by atoms with E-state index in [0.29, 0.717) is 6.54 Å². The molecule has 2 aromatic rings. The summed E-state index contributed by atoms with van der Waals surface area (Å²) < 4.78 is 12.8. The van der Waals surface area contributed by atoms with Gasteiger partial charge < -0.3 is 10.6 Å². The molecule has 0 spiro atoms. The zero-order chi connectivity index (χ0) is 15.1. The molecular weight excluding hydrogens is 287 g/mol. The van der Waals surface area contributed by atoms with Crippen LogP contribution in [0.1, 0.15) is 16.3 Å². The zero-order valence-electron chi connectivity index (χ0n) is 12.2. The van der Waals surface area contributed by atoms with Crippen LogP contribution in [0.25, 0.3) is 0 Å². The van der Waals surface area contributed by atoms with E-state index in [2.05, 4.69) is 26.0 Å². The molecule has 0 radical (unpaired) electrons. The van der Waals surface area contributed by atoms with Gasteiger partial charge in [0.2, 0.25) is 0 Å². The molecule has 0 aliphatic carbocycles. The van der Waals surface area contributed by atoms with Gasteiger partial charge in [-0.15, -0.1) is 11.3 Å². The number of thiazole rings is 1. The molecule has 0 aliphatic rings. The molecule has 4 nitrogen and oxygen atoms in total. The molecule has 0 amide bonds. The fourth-order valence-corrected chi connectivity index (χ4v) is 2.49. The lowest BCUT2D eigenvalue weighted by atomic mass is 10.2. The van der Waals surface area contributed by atoms with Crippen molar-refractivity contribution in [3.63, 3.8) is 0 Å². The molecule has 1 heterocycles. The molecule has 0 fully saturated rings. The topological polar surface area (TPSA) is 49.3 Å². The van der Waals surface area contributed by atoms with Gasteiger partial charge in [-0.25, -0.2) is 9.37 Å². The standard InChI is InChI=1S/C15H19FN4S/c1-11-20-14(10-21-11)7-8-18-15(17-2)19-9-12-3-5-13(16)6-4-12/h3-6,10H,7-9H2,1-2H3,(H2,17,18,19). The highest BCUT2D eigenvalue weighted by atomic mass is 32.1. The van der Waals surface area contributed by atoms with E-state index in [4.69, 9.17) is 0 Å². The van der Waals surface area contributed by atoms with Crippen molar-refractivity contribution >= 4 is 17.3 Å². The van der Waals surface area contributed by atoms with Crippen molar-refractivity contribution in [2.75, 3.05) is 13.6 Å². The van der Waals surface area contributed by atoms with Crippen LogP contribution in [-0.4, -0.2) is 24.5 Å². The zero-order valence-corrected chi connectivity index (χ0v) is 13.0. The summed E-state index contributed by atoms with van der Waals surface area (Å²) in [5.74, 6) is 0.506. The van der Waals surface area contributed by atoms with Crippen molar-refractivity contribution in [2.24, 2.45) is 4.99 Å². The number of nitrogens with zero attached hydrogens (tertiary/aromatic N) is 2. The number of guanidine groups is 1. The molecule has 1 aromatic heterocycles. The van der Waals surface area contributed by atoms with Gasteiger partial charge in [0.05, 0.1) is 10.7 Å². The Hall–Kier alpha value is -1.95. The second kappa shape index (κ2) is 7.73. The average molecular weight is 306 g/mol. The number of benzene rings is 1. The van der Waals surface area contributed by atoms with Gasteiger partial charge in [-0.05, 0) is 24.6 Å². The van der Waals surface area contributed by atoms with Crippen molar-refractivity contribution in [3.05, 3.63) is 51.7 Å². The minimum Gasteiger partial charge on any atom is -0.356 e. The summed E-state index contributed by atoms with van der Waals surface area (Å²) >= 11 is 1.66. The first kappa shape index (κ1) is 15.4. The molecule has 0 bridgehead atoms. The average Bonchev–Trinajstić information content (AvgIpc) is 2.90. The van der Waals surface area contributed by atoms with Crippen LogP contribution in [0, 0.1) is 12.7 Å². The third kappa shape index (κ3) is 5.15. The summed E-state index contributed by atoms with van der Waals surface area (Å²) in [7, 11) is 1.73. The molecule has 0 atom stereocenters. The Labute approximate surface area is 128 Å². The highest BCUT2D eigenvalue weighted by Gasteiger charge is 2.01. The van der Waals surface area contributed by atoms with E-state index in [1.165, 1.54) is 12.1 Å². The molecule has 0 saturated heterocycles. The minimum absolute atomic E-state index is 0.222. The van der Waals surface area contributed by atoms with Gasteiger partial charge in [-0.1, -0.05) is 12.1 Å². The van der Waals surface area contributed by atoms with E-state index in [-0.39, 0.29) is 5.82 Å². The van der Waals surface area contributed by atoms with Gasteiger partial charge in [0.1, 0.15) is 5.82 Å². The van der Waals surface area contributed by atoms with Crippen LogP contribution in [-0.2, 0) is 13.0 Å². The summed E-state index contributed by atoms with van der Waals surface area (Å²) in [4.78, 5) is 8.58. The molecule has 2 N–H and O–H groups in total. The second-order valence-corrected chi connectivity index (χ2v) is 5.65. The number of hydrogen-bond acceptors (Lipinski definition) is 3. The first-order valence-electron chi connectivity index (χ1n) is 6.77. The number of rotatable bonds is 5. The van der Waals surface area contributed by atoms with Gasteiger partial charge in [0.15, 0.2) is 5.96 Å². The number of hydrogen-bond donors (Lipinski definition) is 2. The van der Waals surface area contributed by atoms with Gasteiger partial charge in [-0.2, -0.15) is 0 Å². The molecule has 1 aromatic carbocycles. The lowest BCUT2D eigenvalue weighted by Crippen LogP contribution is -2.37. The summed E-state index contributed by atoms with van der Waals surface area (Å²) in [5, 5.41) is 9.60. The Morgan fingerprint density at radius 1 is 1.29 bits per heavy atom. The van der Waals surface area contributed by atoms with Crippen molar-refractivity contribution < 1.29 is 4.39 Å². The van der Waals surface area contributed by atoms with Crippen molar-refractivity contribution in [2.45, 2.75) is 19.9 Å². The van der Waals surface area contributed by atoms with Gasteiger partial charge in [-0.3, -0.25) is 4.99 Å². The first-order chi connectivity index (χ1) is 10.2. The number of aliphatic imine (C=N–C) groups is 1. The van der Waals surface area contributed by atoms with Crippen LogP contribution in [0.2, 0.25) is 0 Å². The number of aromatic nitrogens is 1. The summed E-state index contributed by atoms with van der Waals surface area (Å²) in [6.45, 7) is 3.38. The van der Waals surface area contributed by atoms with E-state index in [9.17, 15) is 4.39 Å². The highest BCUT2D eigenvalue weighted by Crippen LogP contribution is 2.07. The largest absolute Gasteiger partial charge is 0.356 e. The van der Waals surface area contributed by atoms with Crippen LogP contribution in [0.4, 0.5) is 4.39 Å².